The van der Waals surface area contributed by atoms with E-state index < -0.39 is 0 Å². The zero-order chi connectivity index (χ0) is 13.0. The number of methoxy groups -OCH3 is 1. The third kappa shape index (κ3) is 2.72. The van der Waals surface area contributed by atoms with Gasteiger partial charge in [-0.3, -0.25) is 9.78 Å². The normalized spacial score (nSPS) is 9.89. The highest BCUT2D eigenvalue weighted by Crippen LogP contribution is 2.17. The fourth-order valence-electron chi connectivity index (χ4n) is 1.29. The highest BCUT2D eigenvalue weighted by atomic mass is 35.5. The van der Waals surface area contributed by atoms with E-state index in [1.54, 1.807) is 6.07 Å². The van der Waals surface area contributed by atoms with Crippen molar-refractivity contribution in [1.29, 1.82) is 0 Å². The summed E-state index contributed by atoms with van der Waals surface area (Å²) in [6.45, 7) is 0. The summed E-state index contributed by atoms with van der Waals surface area (Å²) in [5.41, 5.74) is 0.365. The summed E-state index contributed by atoms with van der Waals surface area (Å²) < 4.78 is 5.04. The standard InChI is InChI=1S/C11H9ClN4O2/c1-18-8-4-13-3-2-7(8)11(17)16-10-6-14-9(12)5-15-10/h2-6H,1H3,(H,15,16,17). The molecule has 0 fully saturated rings. The zero-order valence-corrected chi connectivity index (χ0v) is 10.2. The highest BCUT2D eigenvalue weighted by Gasteiger charge is 2.12. The van der Waals surface area contributed by atoms with Gasteiger partial charge in [-0.2, -0.15) is 0 Å². The molecule has 0 aliphatic rings. The fourth-order valence-corrected chi connectivity index (χ4v) is 1.39. The van der Waals surface area contributed by atoms with Crippen LogP contribution < -0.4 is 10.1 Å². The maximum absolute atomic E-state index is 12.0. The number of nitrogens with zero attached hydrogens (tertiary/aromatic N) is 3. The van der Waals surface area contributed by atoms with Gasteiger partial charge in [0, 0.05) is 6.20 Å². The first-order chi connectivity index (χ1) is 8.70. The van der Waals surface area contributed by atoms with Crippen molar-refractivity contribution in [1.82, 2.24) is 15.0 Å². The number of amides is 1. The second-order valence-corrected chi connectivity index (χ2v) is 3.64. The van der Waals surface area contributed by atoms with E-state index in [-0.39, 0.29) is 11.1 Å². The number of pyridine rings is 1. The Labute approximate surface area is 108 Å². The second kappa shape index (κ2) is 5.42. The Kier molecular flexibility index (Phi) is 3.69. The number of carbonyl (C=O) groups excluding carboxylic acids is 1. The molecule has 6 nitrogen and oxygen atoms in total. The number of aromatic nitrogens is 3. The van der Waals surface area contributed by atoms with E-state index in [9.17, 15) is 4.79 Å². The Hall–Kier alpha value is -2.21. The molecule has 0 saturated carbocycles. The first-order valence-corrected chi connectivity index (χ1v) is 5.35. The molecule has 0 unspecified atom stereocenters. The molecule has 0 bridgehead atoms. The van der Waals surface area contributed by atoms with Gasteiger partial charge in [-0.15, -0.1) is 0 Å². The molecule has 0 radical (unpaired) electrons. The van der Waals surface area contributed by atoms with Crippen LogP contribution in [0.15, 0.2) is 30.9 Å². The Bertz CT molecular complexity index is 559. The predicted molar refractivity (Wildman–Crippen MR) is 65.8 cm³/mol. The van der Waals surface area contributed by atoms with E-state index in [0.29, 0.717) is 17.1 Å². The first-order valence-electron chi connectivity index (χ1n) is 4.97. The minimum absolute atomic E-state index is 0.259. The number of anilines is 1. The monoisotopic (exact) mass is 264 g/mol. The van der Waals surface area contributed by atoms with Crippen molar-refractivity contribution < 1.29 is 9.53 Å². The minimum atomic E-state index is -0.356. The highest BCUT2D eigenvalue weighted by molar-refractivity contribution is 6.29. The van der Waals surface area contributed by atoms with Gasteiger partial charge in [0.15, 0.2) is 5.82 Å². The average Bonchev–Trinajstić information content (AvgIpc) is 2.41. The lowest BCUT2D eigenvalue weighted by Gasteiger charge is -2.07. The number of nitrogens with one attached hydrogen (secondary N) is 1. The Morgan fingerprint density at radius 1 is 1.33 bits per heavy atom. The maximum atomic E-state index is 12.0. The van der Waals surface area contributed by atoms with Crippen LogP contribution in [0.5, 0.6) is 5.75 Å². The third-order valence-corrected chi connectivity index (χ3v) is 2.31. The molecule has 0 atom stereocenters. The summed E-state index contributed by atoms with van der Waals surface area (Å²) in [5, 5.41) is 2.84. The fraction of sp³-hybridized carbons (Fsp3) is 0.0909. The van der Waals surface area contributed by atoms with Crippen LogP contribution >= 0.6 is 11.6 Å². The quantitative estimate of drug-likeness (QED) is 0.914. The predicted octanol–water partition coefficient (Wildman–Crippen LogP) is 1.79. The Morgan fingerprint density at radius 3 is 2.83 bits per heavy atom. The van der Waals surface area contributed by atoms with Gasteiger partial charge in [0.05, 0.1) is 31.3 Å². The van der Waals surface area contributed by atoms with Crippen LogP contribution in [0.3, 0.4) is 0 Å². The van der Waals surface area contributed by atoms with Gasteiger partial charge in [0.25, 0.3) is 5.91 Å². The molecule has 2 rings (SSSR count). The van der Waals surface area contributed by atoms with Gasteiger partial charge < -0.3 is 10.1 Å². The van der Waals surface area contributed by atoms with E-state index in [0.717, 1.165) is 0 Å². The van der Waals surface area contributed by atoms with E-state index in [1.165, 1.54) is 31.9 Å². The van der Waals surface area contributed by atoms with Crippen molar-refractivity contribution in [2.45, 2.75) is 0 Å². The molecule has 0 spiro atoms. The van der Waals surface area contributed by atoms with Crippen LogP contribution in [0.2, 0.25) is 5.15 Å². The zero-order valence-electron chi connectivity index (χ0n) is 9.42. The summed E-state index contributed by atoms with van der Waals surface area (Å²) in [6, 6.07) is 1.55. The summed E-state index contributed by atoms with van der Waals surface area (Å²) in [4.78, 5) is 23.6. The third-order valence-electron chi connectivity index (χ3n) is 2.11. The van der Waals surface area contributed by atoms with Crippen molar-refractivity contribution in [3.8, 4) is 5.75 Å². The number of hydrogen-bond acceptors (Lipinski definition) is 5. The van der Waals surface area contributed by atoms with E-state index in [2.05, 4.69) is 20.3 Å². The molecule has 7 heteroatoms. The number of ether oxygens (including phenoxy) is 1. The van der Waals surface area contributed by atoms with E-state index >= 15 is 0 Å². The first kappa shape index (κ1) is 12.3. The van der Waals surface area contributed by atoms with Crippen molar-refractivity contribution in [2.75, 3.05) is 12.4 Å². The molecule has 92 valence electrons. The smallest absolute Gasteiger partial charge is 0.260 e. The number of carbonyl (C=O) groups is 1. The molecule has 18 heavy (non-hydrogen) atoms. The molecule has 0 aromatic carbocycles. The lowest BCUT2D eigenvalue weighted by Crippen LogP contribution is -2.14. The van der Waals surface area contributed by atoms with E-state index in [4.69, 9.17) is 16.3 Å². The van der Waals surface area contributed by atoms with E-state index in [1.807, 2.05) is 0 Å². The van der Waals surface area contributed by atoms with Gasteiger partial charge in [0.1, 0.15) is 10.9 Å². The van der Waals surface area contributed by atoms with Crippen LogP contribution in [0, 0.1) is 0 Å². The molecular weight excluding hydrogens is 256 g/mol. The molecule has 2 aromatic heterocycles. The van der Waals surface area contributed by atoms with Crippen LogP contribution in [0.25, 0.3) is 0 Å². The Morgan fingerprint density at radius 2 is 2.17 bits per heavy atom. The molecular formula is C11H9ClN4O2. The van der Waals surface area contributed by atoms with Crippen LogP contribution in [-0.2, 0) is 0 Å². The summed E-state index contributed by atoms with van der Waals surface area (Å²) in [7, 11) is 1.47. The van der Waals surface area contributed by atoms with Crippen LogP contribution in [0.4, 0.5) is 5.82 Å². The van der Waals surface area contributed by atoms with Crippen molar-refractivity contribution >= 4 is 23.3 Å². The van der Waals surface area contributed by atoms with Gasteiger partial charge >= 0.3 is 0 Å². The molecule has 1 amide bonds. The minimum Gasteiger partial charge on any atom is -0.494 e. The van der Waals surface area contributed by atoms with Gasteiger partial charge in [-0.25, -0.2) is 9.97 Å². The van der Waals surface area contributed by atoms with Crippen molar-refractivity contribution in [2.24, 2.45) is 0 Å². The molecule has 2 heterocycles. The molecule has 2 aromatic rings. The number of hydrogen-bond donors (Lipinski definition) is 1. The Balaban J connectivity index is 2.19. The van der Waals surface area contributed by atoms with Gasteiger partial charge in [-0.1, -0.05) is 11.6 Å². The number of rotatable bonds is 3. The SMILES string of the molecule is COc1cnccc1C(=O)Nc1cnc(Cl)cn1. The lowest BCUT2D eigenvalue weighted by atomic mass is 10.2. The molecule has 1 N–H and O–H groups in total. The largest absolute Gasteiger partial charge is 0.494 e. The van der Waals surface area contributed by atoms with Gasteiger partial charge in [0.2, 0.25) is 0 Å². The second-order valence-electron chi connectivity index (χ2n) is 3.25. The maximum Gasteiger partial charge on any atom is 0.260 e. The van der Waals surface area contributed by atoms with Crippen molar-refractivity contribution in [3.63, 3.8) is 0 Å². The van der Waals surface area contributed by atoms with Crippen molar-refractivity contribution in [3.05, 3.63) is 41.6 Å². The summed E-state index contributed by atoms with van der Waals surface area (Å²) >= 11 is 5.60. The lowest BCUT2D eigenvalue weighted by molar-refractivity contribution is 0.102. The average molecular weight is 265 g/mol. The molecule has 0 aliphatic heterocycles. The molecule has 0 saturated heterocycles. The number of halogens is 1. The summed E-state index contributed by atoms with van der Waals surface area (Å²) in [6.07, 6.45) is 5.68. The van der Waals surface area contributed by atoms with Crippen LogP contribution in [0.1, 0.15) is 10.4 Å². The summed E-state index contributed by atoms with van der Waals surface area (Å²) in [5.74, 6) is 0.339. The van der Waals surface area contributed by atoms with Gasteiger partial charge in [-0.05, 0) is 6.07 Å². The van der Waals surface area contributed by atoms with Crippen LogP contribution in [-0.4, -0.2) is 28.0 Å². The molecule has 0 aliphatic carbocycles. The topological polar surface area (TPSA) is 77.0 Å².